The van der Waals surface area contributed by atoms with E-state index in [4.69, 9.17) is 25.8 Å². The molecule has 2 aliphatic heterocycles. The number of hydrogen-bond donors (Lipinski definition) is 1. The summed E-state index contributed by atoms with van der Waals surface area (Å²) in [5, 5.41) is 35.0. The molecule has 4 heterocycles. The van der Waals surface area contributed by atoms with Gasteiger partial charge in [0.1, 0.15) is 18.3 Å². The minimum absolute atomic E-state index is 0. The van der Waals surface area contributed by atoms with Gasteiger partial charge in [-0.2, -0.15) is 4.98 Å². The van der Waals surface area contributed by atoms with Crippen molar-refractivity contribution in [1.29, 1.82) is 0 Å². The van der Waals surface area contributed by atoms with Crippen molar-refractivity contribution in [1.82, 2.24) is 19.5 Å². The number of rotatable bonds is 11. The van der Waals surface area contributed by atoms with Crippen molar-refractivity contribution in [3.05, 3.63) is 75.9 Å². The van der Waals surface area contributed by atoms with Crippen LogP contribution in [0.25, 0.3) is 11.2 Å². The summed E-state index contributed by atoms with van der Waals surface area (Å²) in [6.07, 6.45) is -5.66. The van der Waals surface area contributed by atoms with Crippen LogP contribution in [-0.4, -0.2) is 71.0 Å². The molecule has 27 nitrogen and oxygen atoms in total. The normalized spacial score (nSPS) is 27.6. The third-order valence-corrected chi connectivity index (χ3v) is 10.2. The van der Waals surface area contributed by atoms with Gasteiger partial charge in [-0.05, 0) is 11.6 Å². The monoisotopic (exact) mass is 841 g/mol. The number of nitrogens with zero attached hydrogens (tertiary/aromatic N) is 6. The third kappa shape index (κ3) is 10.7. The van der Waals surface area contributed by atoms with Gasteiger partial charge in [0.2, 0.25) is 5.28 Å². The standard InChI is InChI=1S/C16H15ClN7O20P3.4Na/c17-15-19-12-9(13(25)20-15)18-4-21(12)14-11-10(6(40-14)3-39-46(35,36)44-47(37,38)43-45(32,33)34)41-16(42-11)7(23(28)29)1-5(22(26)27)2-8(16)24(30)31;;;;/h1-2,4-6,10-11,14H,3H2,(H,35,36)(H,37,38)(H,19,20,25)(H2,32,33,34);;;;/q;4*+1/p-4. The zero-order valence-corrected chi connectivity index (χ0v) is 37.3. The summed E-state index contributed by atoms with van der Waals surface area (Å²) < 4.78 is 63.2. The molecule has 0 aromatic carbocycles. The van der Waals surface area contributed by atoms with Crippen molar-refractivity contribution in [2.45, 2.75) is 36.4 Å². The van der Waals surface area contributed by atoms with Crippen molar-refractivity contribution in [3.63, 3.8) is 0 Å². The fourth-order valence-electron chi connectivity index (χ4n) is 4.73. The van der Waals surface area contributed by atoms with Gasteiger partial charge in [-0.1, -0.05) is 0 Å². The molecule has 0 radical (unpaired) electrons. The number of H-pyrrole nitrogens is 1. The quantitative estimate of drug-likeness (QED) is 0.0721. The van der Waals surface area contributed by atoms with E-state index in [9.17, 15) is 68.4 Å². The molecule has 0 saturated carbocycles. The Kier molecular flexibility index (Phi) is 17.8. The van der Waals surface area contributed by atoms with Crippen LogP contribution in [0, 0.1) is 30.3 Å². The first kappa shape index (κ1) is 49.6. The molecule has 256 valence electrons. The van der Waals surface area contributed by atoms with Gasteiger partial charge in [-0.15, -0.1) is 0 Å². The SMILES string of the molecule is O=c1[nH]c(Cl)nc2c1ncn2C1OC(COP(=O)([O-])OP(=O)([O-])OP(=O)([O-])[O-])C2OC3(OC21)C([N+](=O)[O-])=CC([N+](=O)[O-])C=C3[N+](=O)[O-].[Na+].[Na+].[Na+].[Na+]. The molecule has 1 N–H and O–H groups in total. The number of aromatic nitrogens is 4. The third-order valence-electron chi connectivity index (χ3n) is 6.33. The number of fused-ring (bicyclic) bond motifs is 2. The van der Waals surface area contributed by atoms with Crippen molar-refractivity contribution >= 4 is 46.2 Å². The predicted octanol–water partition coefficient (Wildman–Crippen LogP) is -15.0. The summed E-state index contributed by atoms with van der Waals surface area (Å²) in [5.74, 6) is -3.13. The number of ether oxygens (including phenoxy) is 3. The number of phosphoric acid groups is 3. The zero-order valence-electron chi connectivity index (χ0n) is 25.9. The average molecular weight is 842 g/mol. The number of imidazole rings is 1. The van der Waals surface area contributed by atoms with Crippen molar-refractivity contribution < 1.29 is 194 Å². The van der Waals surface area contributed by atoms with Crippen LogP contribution in [0.5, 0.6) is 0 Å². The minimum Gasteiger partial charge on any atom is -0.790 e. The number of aromatic amines is 1. The van der Waals surface area contributed by atoms with E-state index < -0.39 is 103 Å². The van der Waals surface area contributed by atoms with Crippen LogP contribution < -0.4 is 143 Å². The molecule has 2 saturated heterocycles. The Morgan fingerprint density at radius 1 is 0.922 bits per heavy atom. The maximum absolute atomic E-state index is 12.3. The summed E-state index contributed by atoms with van der Waals surface area (Å²) in [7, 11) is -18.9. The van der Waals surface area contributed by atoms with E-state index in [-0.39, 0.29) is 129 Å². The first-order valence-electron chi connectivity index (χ1n) is 11.8. The van der Waals surface area contributed by atoms with Crippen LogP contribution in [-0.2, 0) is 41.1 Å². The summed E-state index contributed by atoms with van der Waals surface area (Å²) in [6.45, 7) is -1.38. The number of nitro groups is 3. The van der Waals surface area contributed by atoms with Crippen LogP contribution >= 0.6 is 35.1 Å². The van der Waals surface area contributed by atoms with E-state index in [2.05, 4.69) is 28.1 Å². The molecule has 1 aliphatic carbocycles. The molecular weight excluding hydrogens is 831 g/mol. The van der Waals surface area contributed by atoms with Crippen molar-refractivity contribution in [2.75, 3.05) is 6.61 Å². The Morgan fingerprint density at radius 2 is 1.47 bits per heavy atom. The van der Waals surface area contributed by atoms with Gasteiger partial charge in [0, 0.05) is 4.92 Å². The molecule has 5 rings (SSSR count). The molecular formula is C16H11ClN7Na4O20P3. The number of nitrogens with one attached hydrogen (secondary N) is 1. The van der Waals surface area contributed by atoms with Gasteiger partial charge in [-0.25, -0.2) is 9.29 Å². The van der Waals surface area contributed by atoms with Gasteiger partial charge in [0.15, 0.2) is 17.4 Å². The molecule has 51 heavy (non-hydrogen) atoms. The molecule has 6 unspecified atom stereocenters. The van der Waals surface area contributed by atoms with E-state index in [1.54, 1.807) is 0 Å². The molecule has 1 spiro atoms. The van der Waals surface area contributed by atoms with E-state index in [1.165, 1.54) is 0 Å². The second-order valence-corrected chi connectivity index (χ2v) is 13.8. The van der Waals surface area contributed by atoms with E-state index in [1.807, 2.05) is 0 Å². The zero-order chi connectivity index (χ0) is 34.9. The smallest absolute Gasteiger partial charge is 0.790 e. The predicted molar refractivity (Wildman–Crippen MR) is 131 cm³/mol. The molecule has 35 heteroatoms. The second-order valence-electron chi connectivity index (χ2n) is 9.22. The van der Waals surface area contributed by atoms with E-state index >= 15 is 0 Å². The molecule has 6 atom stereocenters. The Morgan fingerprint density at radius 3 is 1.98 bits per heavy atom. The fraction of sp³-hybridized carbons (Fsp3) is 0.438. The summed E-state index contributed by atoms with van der Waals surface area (Å²) in [6, 6.07) is -2.11. The molecule has 0 amide bonds. The van der Waals surface area contributed by atoms with Gasteiger partial charge < -0.3 is 42.9 Å². The van der Waals surface area contributed by atoms with Crippen molar-refractivity contribution in [2.24, 2.45) is 0 Å². The maximum atomic E-state index is 12.3. The second kappa shape index (κ2) is 18.3. The number of hydrogen-bond acceptors (Lipinski definition) is 22. The number of phosphoric ester groups is 1. The minimum atomic E-state index is -6.41. The summed E-state index contributed by atoms with van der Waals surface area (Å²) >= 11 is 5.82. The Hall–Kier alpha value is 0.610. The fourth-order valence-corrected chi connectivity index (χ4v) is 7.76. The molecule has 2 aromatic rings. The summed E-state index contributed by atoms with van der Waals surface area (Å²) in [5.41, 5.74) is -4.29. The van der Waals surface area contributed by atoms with Crippen LogP contribution in [0.15, 0.2) is 34.7 Å². The maximum Gasteiger partial charge on any atom is 1.00 e. The Balaban J connectivity index is 0.00000325. The Labute approximate surface area is 373 Å². The first-order chi connectivity index (χ1) is 21.6. The van der Waals surface area contributed by atoms with E-state index in [0.29, 0.717) is 12.2 Å². The molecule has 2 aromatic heterocycles. The van der Waals surface area contributed by atoms with Gasteiger partial charge in [-0.3, -0.25) is 58.1 Å². The van der Waals surface area contributed by atoms with Crippen LogP contribution in [0.3, 0.4) is 0 Å². The van der Waals surface area contributed by atoms with Crippen molar-refractivity contribution in [3.8, 4) is 0 Å². The van der Waals surface area contributed by atoms with Gasteiger partial charge >= 0.3 is 135 Å². The molecule has 2 fully saturated rings. The van der Waals surface area contributed by atoms with E-state index in [0.717, 1.165) is 10.9 Å². The molecule has 3 aliphatic rings. The largest absolute Gasteiger partial charge is 1.00 e. The summed E-state index contributed by atoms with van der Waals surface area (Å²) in [4.78, 5) is 98.9. The van der Waals surface area contributed by atoms with Crippen LogP contribution in [0.1, 0.15) is 6.23 Å². The van der Waals surface area contributed by atoms with Crippen LogP contribution in [0.2, 0.25) is 5.28 Å². The van der Waals surface area contributed by atoms with Gasteiger partial charge in [0.05, 0.1) is 42.8 Å². The Bertz CT molecular complexity index is 1940. The van der Waals surface area contributed by atoms with Gasteiger partial charge in [0.25, 0.3) is 27.2 Å². The first-order valence-corrected chi connectivity index (χ1v) is 16.6. The topological polar surface area (TPSA) is 392 Å². The van der Waals surface area contributed by atoms with Crippen LogP contribution in [0.4, 0.5) is 0 Å². The number of halogens is 1. The molecule has 0 bridgehead atoms. The average Bonchev–Trinajstić information content (AvgIpc) is 3.57.